The molecule has 3 unspecified atom stereocenters. The second-order valence-corrected chi connectivity index (χ2v) is 7.04. The number of nitrogens with zero attached hydrogens (tertiary/aromatic N) is 1. The molecule has 0 radical (unpaired) electrons. The Morgan fingerprint density at radius 1 is 1.14 bits per heavy atom. The first kappa shape index (κ1) is 16.3. The van der Waals surface area contributed by atoms with Gasteiger partial charge in [0.15, 0.2) is 0 Å². The van der Waals surface area contributed by atoms with Gasteiger partial charge in [-0.25, -0.2) is 0 Å². The van der Waals surface area contributed by atoms with E-state index in [2.05, 4.69) is 26.1 Å². The Balaban J connectivity index is 2.22. The minimum absolute atomic E-state index is 0.0418. The lowest BCUT2D eigenvalue weighted by Gasteiger charge is -2.45. The SMILES string of the molecule is CCC1C(=O)NC(C2CCCCC2)C(=O)N1C(C)C(C)C. The van der Waals surface area contributed by atoms with E-state index >= 15 is 0 Å². The molecular weight excluding hydrogens is 264 g/mol. The summed E-state index contributed by atoms with van der Waals surface area (Å²) in [6.45, 7) is 8.29. The first-order chi connectivity index (χ1) is 9.97. The largest absolute Gasteiger partial charge is 0.342 e. The second kappa shape index (κ2) is 6.80. The highest BCUT2D eigenvalue weighted by atomic mass is 16.2. The van der Waals surface area contributed by atoms with Crippen LogP contribution < -0.4 is 5.32 Å². The highest BCUT2D eigenvalue weighted by Crippen LogP contribution is 2.31. The minimum atomic E-state index is -0.297. The Morgan fingerprint density at radius 3 is 2.29 bits per heavy atom. The smallest absolute Gasteiger partial charge is 0.246 e. The molecule has 2 amide bonds. The van der Waals surface area contributed by atoms with Crippen LogP contribution in [0, 0.1) is 11.8 Å². The number of rotatable bonds is 4. The van der Waals surface area contributed by atoms with E-state index < -0.39 is 0 Å². The van der Waals surface area contributed by atoms with Crippen molar-refractivity contribution in [1.29, 1.82) is 0 Å². The van der Waals surface area contributed by atoms with Gasteiger partial charge in [-0.3, -0.25) is 9.59 Å². The summed E-state index contributed by atoms with van der Waals surface area (Å²) in [5.74, 6) is 0.880. The van der Waals surface area contributed by atoms with Gasteiger partial charge >= 0.3 is 0 Å². The predicted molar refractivity (Wildman–Crippen MR) is 83.7 cm³/mol. The molecule has 21 heavy (non-hydrogen) atoms. The van der Waals surface area contributed by atoms with E-state index in [1.54, 1.807) is 0 Å². The summed E-state index contributed by atoms with van der Waals surface area (Å²) in [6, 6.07) is -0.476. The summed E-state index contributed by atoms with van der Waals surface area (Å²) in [6.07, 6.45) is 6.44. The summed E-state index contributed by atoms with van der Waals surface area (Å²) in [5.41, 5.74) is 0. The maximum atomic E-state index is 13.0. The van der Waals surface area contributed by atoms with Crippen LogP contribution in [0.3, 0.4) is 0 Å². The Bertz CT molecular complexity index is 388. The molecule has 0 spiro atoms. The van der Waals surface area contributed by atoms with Crippen molar-refractivity contribution in [2.75, 3.05) is 0 Å². The van der Waals surface area contributed by atoms with Crippen LogP contribution in [0.25, 0.3) is 0 Å². The molecule has 120 valence electrons. The molecule has 2 aliphatic rings. The van der Waals surface area contributed by atoms with Crippen LogP contribution in [-0.2, 0) is 9.59 Å². The zero-order chi connectivity index (χ0) is 15.6. The maximum Gasteiger partial charge on any atom is 0.246 e. The molecule has 4 nitrogen and oxygen atoms in total. The van der Waals surface area contributed by atoms with Gasteiger partial charge in [-0.05, 0) is 38.0 Å². The summed E-state index contributed by atoms with van der Waals surface area (Å²) in [5, 5.41) is 3.03. The number of piperazine rings is 1. The van der Waals surface area contributed by atoms with Gasteiger partial charge in [0.1, 0.15) is 12.1 Å². The highest BCUT2D eigenvalue weighted by Gasteiger charge is 2.45. The van der Waals surface area contributed by atoms with Crippen LogP contribution in [0.15, 0.2) is 0 Å². The van der Waals surface area contributed by atoms with Crippen molar-refractivity contribution in [3.8, 4) is 0 Å². The van der Waals surface area contributed by atoms with Gasteiger partial charge in [0, 0.05) is 6.04 Å². The van der Waals surface area contributed by atoms with E-state index in [0.29, 0.717) is 18.3 Å². The first-order valence-corrected chi connectivity index (χ1v) is 8.59. The van der Waals surface area contributed by atoms with Crippen LogP contribution in [-0.4, -0.2) is 34.8 Å². The van der Waals surface area contributed by atoms with Gasteiger partial charge in [0.2, 0.25) is 11.8 Å². The normalized spacial score (nSPS) is 29.7. The van der Waals surface area contributed by atoms with Gasteiger partial charge < -0.3 is 10.2 Å². The third kappa shape index (κ3) is 3.24. The molecule has 2 fully saturated rings. The summed E-state index contributed by atoms with van der Waals surface area (Å²) >= 11 is 0. The number of hydrogen-bond acceptors (Lipinski definition) is 2. The topological polar surface area (TPSA) is 49.4 Å². The fourth-order valence-corrected chi connectivity index (χ4v) is 3.73. The van der Waals surface area contributed by atoms with Crippen LogP contribution in [0.5, 0.6) is 0 Å². The van der Waals surface area contributed by atoms with Crippen molar-refractivity contribution in [1.82, 2.24) is 10.2 Å². The molecule has 0 bridgehead atoms. The summed E-state index contributed by atoms with van der Waals surface area (Å²) in [4.78, 5) is 27.3. The highest BCUT2D eigenvalue weighted by molar-refractivity contribution is 5.97. The quantitative estimate of drug-likeness (QED) is 0.866. The van der Waals surface area contributed by atoms with E-state index in [0.717, 1.165) is 12.8 Å². The van der Waals surface area contributed by atoms with Crippen molar-refractivity contribution in [3.05, 3.63) is 0 Å². The molecule has 1 N–H and O–H groups in total. The lowest BCUT2D eigenvalue weighted by atomic mass is 9.81. The second-order valence-electron chi connectivity index (χ2n) is 7.04. The number of amides is 2. The van der Waals surface area contributed by atoms with Gasteiger partial charge in [0.25, 0.3) is 0 Å². The summed E-state index contributed by atoms with van der Waals surface area (Å²) in [7, 11) is 0. The molecule has 1 heterocycles. The lowest BCUT2D eigenvalue weighted by molar-refractivity contribution is -0.155. The molecule has 1 saturated heterocycles. The molecule has 1 aliphatic heterocycles. The zero-order valence-corrected chi connectivity index (χ0v) is 13.9. The van der Waals surface area contributed by atoms with Crippen LogP contribution >= 0.6 is 0 Å². The fourth-order valence-electron chi connectivity index (χ4n) is 3.73. The van der Waals surface area contributed by atoms with E-state index in [9.17, 15) is 9.59 Å². The third-order valence-electron chi connectivity index (χ3n) is 5.37. The van der Waals surface area contributed by atoms with Crippen molar-refractivity contribution in [2.45, 2.75) is 84.3 Å². The zero-order valence-electron chi connectivity index (χ0n) is 13.9. The van der Waals surface area contributed by atoms with Crippen LogP contribution in [0.1, 0.15) is 66.2 Å². The minimum Gasteiger partial charge on any atom is -0.342 e. The van der Waals surface area contributed by atoms with E-state index in [4.69, 9.17) is 0 Å². The number of hydrogen-bond donors (Lipinski definition) is 1. The Hall–Kier alpha value is -1.06. The van der Waals surface area contributed by atoms with Crippen LogP contribution in [0.4, 0.5) is 0 Å². The Morgan fingerprint density at radius 2 is 1.76 bits per heavy atom. The van der Waals surface area contributed by atoms with Crippen molar-refractivity contribution >= 4 is 11.8 Å². The summed E-state index contributed by atoms with van der Waals surface area (Å²) < 4.78 is 0. The predicted octanol–water partition coefficient (Wildman–Crippen LogP) is 2.72. The van der Waals surface area contributed by atoms with E-state index in [1.165, 1.54) is 19.3 Å². The van der Waals surface area contributed by atoms with Gasteiger partial charge in [-0.15, -0.1) is 0 Å². The fraction of sp³-hybridized carbons (Fsp3) is 0.882. The molecular formula is C17H30N2O2. The van der Waals surface area contributed by atoms with Crippen molar-refractivity contribution in [3.63, 3.8) is 0 Å². The van der Waals surface area contributed by atoms with E-state index in [1.807, 2.05) is 11.8 Å². The molecule has 1 aliphatic carbocycles. The van der Waals surface area contributed by atoms with Gasteiger partial charge in [-0.1, -0.05) is 40.0 Å². The van der Waals surface area contributed by atoms with Gasteiger partial charge in [-0.2, -0.15) is 0 Å². The molecule has 4 heteroatoms. The van der Waals surface area contributed by atoms with Gasteiger partial charge in [0.05, 0.1) is 0 Å². The monoisotopic (exact) mass is 294 g/mol. The van der Waals surface area contributed by atoms with Crippen LogP contribution in [0.2, 0.25) is 0 Å². The van der Waals surface area contributed by atoms with Crippen molar-refractivity contribution in [2.24, 2.45) is 11.8 Å². The lowest BCUT2D eigenvalue weighted by Crippen LogP contribution is -2.67. The third-order valence-corrected chi connectivity index (χ3v) is 5.37. The number of carbonyl (C=O) groups is 2. The molecule has 0 aromatic carbocycles. The number of carbonyl (C=O) groups excluding carboxylic acids is 2. The maximum absolute atomic E-state index is 13.0. The molecule has 1 saturated carbocycles. The standard InChI is InChI=1S/C17H30N2O2/c1-5-14-16(20)18-15(13-9-7-6-8-10-13)17(21)19(14)12(4)11(2)3/h11-15H,5-10H2,1-4H3,(H,18,20). The molecule has 0 aromatic heterocycles. The average Bonchev–Trinajstić information content (AvgIpc) is 2.48. The Labute approximate surface area is 128 Å². The number of nitrogens with one attached hydrogen (secondary N) is 1. The Kier molecular flexibility index (Phi) is 5.28. The average molecular weight is 294 g/mol. The first-order valence-electron chi connectivity index (χ1n) is 8.59. The molecule has 0 aromatic rings. The molecule has 2 rings (SSSR count). The van der Waals surface area contributed by atoms with E-state index in [-0.39, 0.29) is 29.9 Å². The molecule has 3 atom stereocenters. The van der Waals surface area contributed by atoms with Crippen molar-refractivity contribution < 1.29 is 9.59 Å².